The normalized spacial score (nSPS) is 11.2. The average Bonchev–Trinajstić information content (AvgIpc) is 2.23. The lowest BCUT2D eigenvalue weighted by atomic mass is 10.1. The molecule has 100 valence electrons. The van der Waals surface area contributed by atoms with Gasteiger partial charge in [0.05, 0.1) is 17.9 Å². The average molecular weight is 275 g/mol. The van der Waals surface area contributed by atoms with E-state index in [1.165, 1.54) is 0 Å². The van der Waals surface area contributed by atoms with E-state index >= 15 is 0 Å². The number of aromatic hydroxyl groups is 1. The largest absolute Gasteiger partial charge is 0.507 e. The maximum absolute atomic E-state index is 11.3. The quantitative estimate of drug-likeness (QED) is 0.442. The fraction of sp³-hybridized carbons (Fsp3) is 0.222. The molecule has 0 unspecified atom stereocenters. The number of phenols is 1. The number of carbonyl (C=O) groups excluding carboxylic acids is 1. The van der Waals surface area contributed by atoms with Crippen LogP contribution in [0, 0.1) is 0 Å². The molecule has 0 spiro atoms. The number of sulfonamides is 1. The number of benzene rings is 1. The Morgan fingerprint density at radius 1 is 1.39 bits per heavy atom. The summed E-state index contributed by atoms with van der Waals surface area (Å²) in [6.07, 6.45) is 0. The minimum atomic E-state index is -4.10. The standard InChI is InChI=1S/C9H13N3O5S/c10-9(15)5-3-8(18(11,16)17)6(4-7(5)14)12-1-2-13/h3-4,12-14H,1-2H2,(H2,10,15)(H2,11,16,17). The van der Waals surface area contributed by atoms with Crippen LogP contribution in [0.4, 0.5) is 5.69 Å². The molecule has 0 fully saturated rings. The first kappa shape index (κ1) is 14.2. The molecule has 0 aromatic heterocycles. The summed E-state index contributed by atoms with van der Waals surface area (Å²) in [5.74, 6) is -1.46. The van der Waals surface area contributed by atoms with Gasteiger partial charge in [-0.15, -0.1) is 0 Å². The first-order chi connectivity index (χ1) is 8.27. The lowest BCUT2D eigenvalue weighted by Gasteiger charge is -2.12. The van der Waals surface area contributed by atoms with Gasteiger partial charge in [0.2, 0.25) is 10.0 Å². The van der Waals surface area contributed by atoms with Gasteiger partial charge in [-0.05, 0) is 6.07 Å². The Hall–Kier alpha value is -1.84. The van der Waals surface area contributed by atoms with Crippen LogP contribution in [0.5, 0.6) is 5.75 Å². The zero-order valence-corrected chi connectivity index (χ0v) is 10.1. The molecular weight excluding hydrogens is 262 g/mol. The molecule has 1 aromatic carbocycles. The molecule has 9 heteroatoms. The molecule has 1 amide bonds. The summed E-state index contributed by atoms with van der Waals surface area (Å²) in [5.41, 5.74) is 4.61. The molecule has 1 aromatic rings. The number of rotatable bonds is 5. The highest BCUT2D eigenvalue weighted by molar-refractivity contribution is 7.89. The third kappa shape index (κ3) is 3.09. The molecule has 0 saturated carbocycles. The number of primary amides is 1. The van der Waals surface area contributed by atoms with Crippen molar-refractivity contribution in [2.45, 2.75) is 4.90 Å². The van der Waals surface area contributed by atoms with E-state index in [0.717, 1.165) is 12.1 Å². The van der Waals surface area contributed by atoms with E-state index in [4.69, 9.17) is 16.0 Å². The Labute approximate surface area is 103 Å². The Balaban J connectivity index is 3.42. The molecule has 18 heavy (non-hydrogen) atoms. The monoisotopic (exact) mass is 275 g/mol. The smallest absolute Gasteiger partial charge is 0.252 e. The minimum Gasteiger partial charge on any atom is -0.507 e. The molecule has 8 nitrogen and oxygen atoms in total. The molecule has 7 N–H and O–H groups in total. The third-order valence-corrected chi connectivity index (χ3v) is 3.05. The van der Waals surface area contributed by atoms with Crippen LogP contribution in [0.2, 0.25) is 0 Å². The number of primary sulfonamides is 1. The number of anilines is 1. The van der Waals surface area contributed by atoms with Crippen LogP contribution < -0.4 is 16.2 Å². The summed E-state index contributed by atoms with van der Waals surface area (Å²) < 4.78 is 22.7. The van der Waals surface area contributed by atoms with Crippen LogP contribution in [0.25, 0.3) is 0 Å². The summed E-state index contributed by atoms with van der Waals surface area (Å²) in [5, 5.41) is 25.7. The van der Waals surface area contributed by atoms with Crippen molar-refractivity contribution in [2.75, 3.05) is 18.5 Å². The van der Waals surface area contributed by atoms with E-state index in [1.54, 1.807) is 0 Å². The molecule has 0 aliphatic heterocycles. The molecule has 0 aliphatic carbocycles. The SMILES string of the molecule is NC(=O)c1cc(S(N)(=O)=O)c(NCCO)cc1O. The van der Waals surface area contributed by atoms with Gasteiger partial charge in [0.15, 0.2) is 0 Å². The van der Waals surface area contributed by atoms with Gasteiger partial charge in [0.1, 0.15) is 10.6 Å². The number of aliphatic hydroxyl groups excluding tert-OH is 1. The van der Waals surface area contributed by atoms with E-state index in [1.807, 2.05) is 0 Å². The lowest BCUT2D eigenvalue weighted by Crippen LogP contribution is -2.19. The van der Waals surface area contributed by atoms with E-state index < -0.39 is 21.7 Å². The van der Waals surface area contributed by atoms with Crippen molar-refractivity contribution >= 4 is 21.6 Å². The summed E-state index contributed by atoms with van der Waals surface area (Å²) in [4.78, 5) is 10.6. The zero-order chi connectivity index (χ0) is 13.9. The second-order valence-electron chi connectivity index (χ2n) is 3.43. The molecule has 0 aliphatic rings. The molecule has 0 atom stereocenters. The van der Waals surface area contributed by atoms with Crippen LogP contribution in [0.3, 0.4) is 0 Å². The van der Waals surface area contributed by atoms with Crippen LogP contribution >= 0.6 is 0 Å². The number of hydrogen-bond acceptors (Lipinski definition) is 6. The molecule has 0 heterocycles. The predicted octanol–water partition coefficient (Wildman–Crippen LogP) is -1.46. The Bertz CT molecular complexity index is 570. The summed E-state index contributed by atoms with van der Waals surface area (Å²) in [6, 6.07) is 1.89. The van der Waals surface area contributed by atoms with E-state index in [0.29, 0.717) is 0 Å². The van der Waals surface area contributed by atoms with Gasteiger partial charge in [-0.1, -0.05) is 0 Å². The van der Waals surface area contributed by atoms with Crippen molar-refractivity contribution < 1.29 is 23.4 Å². The summed E-state index contributed by atoms with van der Waals surface area (Å²) in [7, 11) is -4.10. The second kappa shape index (κ2) is 5.21. The number of aliphatic hydroxyl groups is 1. The molecular formula is C9H13N3O5S. The molecule has 0 saturated heterocycles. The highest BCUT2D eigenvalue weighted by Crippen LogP contribution is 2.28. The van der Waals surface area contributed by atoms with Gasteiger partial charge in [-0.25, -0.2) is 13.6 Å². The minimum absolute atomic E-state index is 0.0194. The summed E-state index contributed by atoms with van der Waals surface area (Å²) in [6.45, 7) is -0.194. The Morgan fingerprint density at radius 3 is 2.44 bits per heavy atom. The molecule has 1 rings (SSSR count). The third-order valence-electron chi connectivity index (χ3n) is 2.10. The van der Waals surface area contributed by atoms with Crippen LogP contribution in [-0.4, -0.2) is 37.7 Å². The second-order valence-corrected chi connectivity index (χ2v) is 4.96. The first-order valence-corrected chi connectivity index (χ1v) is 6.36. The number of carbonyl (C=O) groups is 1. The maximum atomic E-state index is 11.3. The number of nitrogens with one attached hydrogen (secondary N) is 1. The number of nitrogens with two attached hydrogens (primary N) is 2. The highest BCUT2D eigenvalue weighted by atomic mass is 32.2. The topological polar surface area (TPSA) is 156 Å². The number of hydrogen-bond donors (Lipinski definition) is 5. The molecule has 0 bridgehead atoms. The van der Waals surface area contributed by atoms with Crippen molar-refractivity contribution in [3.63, 3.8) is 0 Å². The Kier molecular flexibility index (Phi) is 4.11. The van der Waals surface area contributed by atoms with Gasteiger partial charge in [-0.2, -0.15) is 0 Å². The Morgan fingerprint density at radius 2 is 2.00 bits per heavy atom. The van der Waals surface area contributed by atoms with Crippen molar-refractivity contribution in [3.05, 3.63) is 17.7 Å². The van der Waals surface area contributed by atoms with Gasteiger partial charge in [0.25, 0.3) is 5.91 Å². The first-order valence-electron chi connectivity index (χ1n) is 4.81. The van der Waals surface area contributed by atoms with Crippen LogP contribution in [0.1, 0.15) is 10.4 Å². The fourth-order valence-corrected chi connectivity index (χ4v) is 2.05. The summed E-state index contributed by atoms with van der Waals surface area (Å²) >= 11 is 0. The van der Waals surface area contributed by atoms with Crippen LogP contribution in [-0.2, 0) is 10.0 Å². The van der Waals surface area contributed by atoms with Crippen molar-refractivity contribution in [1.29, 1.82) is 0 Å². The van der Waals surface area contributed by atoms with Gasteiger partial charge < -0.3 is 21.3 Å². The van der Waals surface area contributed by atoms with Crippen molar-refractivity contribution in [2.24, 2.45) is 10.9 Å². The zero-order valence-electron chi connectivity index (χ0n) is 9.25. The van der Waals surface area contributed by atoms with Crippen LogP contribution in [0.15, 0.2) is 17.0 Å². The predicted molar refractivity (Wildman–Crippen MR) is 63.6 cm³/mol. The van der Waals surface area contributed by atoms with E-state index in [9.17, 15) is 18.3 Å². The fourth-order valence-electron chi connectivity index (χ4n) is 1.33. The number of amides is 1. The lowest BCUT2D eigenvalue weighted by molar-refractivity contribution is 0.0997. The van der Waals surface area contributed by atoms with Gasteiger partial charge in [0, 0.05) is 12.6 Å². The highest BCUT2D eigenvalue weighted by Gasteiger charge is 2.19. The van der Waals surface area contributed by atoms with E-state index in [-0.39, 0.29) is 29.3 Å². The van der Waals surface area contributed by atoms with Crippen molar-refractivity contribution in [1.82, 2.24) is 0 Å². The van der Waals surface area contributed by atoms with E-state index in [2.05, 4.69) is 5.32 Å². The van der Waals surface area contributed by atoms with Gasteiger partial charge >= 0.3 is 0 Å². The van der Waals surface area contributed by atoms with Gasteiger partial charge in [-0.3, -0.25) is 4.79 Å². The molecule has 0 radical (unpaired) electrons. The maximum Gasteiger partial charge on any atom is 0.252 e. The van der Waals surface area contributed by atoms with Crippen molar-refractivity contribution in [3.8, 4) is 5.75 Å².